The van der Waals surface area contributed by atoms with Gasteiger partial charge in [0.1, 0.15) is 11.8 Å². The van der Waals surface area contributed by atoms with Crippen molar-refractivity contribution >= 4 is 16.6 Å². The number of aliphatic hydroxyl groups excluding tert-OH is 1. The molecule has 1 aromatic heterocycles. The zero-order valence-electron chi connectivity index (χ0n) is 14.1. The van der Waals surface area contributed by atoms with E-state index in [4.69, 9.17) is 9.84 Å². The number of nitrogens with zero attached hydrogens (tertiary/aromatic N) is 3. The van der Waals surface area contributed by atoms with E-state index >= 15 is 0 Å². The fourth-order valence-corrected chi connectivity index (χ4v) is 3.25. The van der Waals surface area contributed by atoms with Crippen molar-refractivity contribution in [1.82, 2.24) is 4.98 Å². The van der Waals surface area contributed by atoms with Crippen molar-refractivity contribution in [2.75, 3.05) is 31.2 Å². The third kappa shape index (κ3) is 4.00. The van der Waals surface area contributed by atoms with E-state index in [0.29, 0.717) is 35.2 Å². The van der Waals surface area contributed by atoms with Gasteiger partial charge in [0.15, 0.2) is 0 Å². The lowest BCUT2D eigenvalue weighted by atomic mass is 10.0. The number of anilines is 1. The zero-order chi connectivity index (χ0) is 18.5. The number of pyridine rings is 1. The molecular formula is C18H19F2N3O3. The van der Waals surface area contributed by atoms with Crippen LogP contribution in [0.3, 0.4) is 0 Å². The van der Waals surface area contributed by atoms with Gasteiger partial charge in [-0.1, -0.05) is 0 Å². The second-order valence-electron chi connectivity index (χ2n) is 5.99. The van der Waals surface area contributed by atoms with Gasteiger partial charge in [-0.25, -0.2) is 0 Å². The Morgan fingerprint density at radius 3 is 3.00 bits per heavy atom. The Morgan fingerprint density at radius 2 is 2.27 bits per heavy atom. The lowest BCUT2D eigenvalue weighted by Crippen LogP contribution is -2.40. The molecular weight excluding hydrogens is 344 g/mol. The van der Waals surface area contributed by atoms with Gasteiger partial charge < -0.3 is 19.5 Å². The number of hydrogen-bond acceptors (Lipinski definition) is 6. The minimum Gasteiger partial charge on any atom is -0.435 e. The quantitative estimate of drug-likeness (QED) is 0.850. The highest BCUT2D eigenvalue weighted by molar-refractivity contribution is 5.95. The Hall–Kier alpha value is -2.50. The molecule has 1 atom stereocenters. The van der Waals surface area contributed by atoms with Crippen molar-refractivity contribution < 1.29 is 23.4 Å². The fourth-order valence-electron chi connectivity index (χ4n) is 3.25. The number of nitriles is 1. The van der Waals surface area contributed by atoms with Crippen LogP contribution in [0, 0.1) is 11.3 Å². The number of halogens is 2. The Bertz CT molecular complexity index is 810. The molecule has 2 heterocycles. The van der Waals surface area contributed by atoms with E-state index in [2.05, 4.69) is 15.8 Å². The van der Waals surface area contributed by atoms with Gasteiger partial charge in [0.2, 0.25) is 0 Å². The second-order valence-corrected chi connectivity index (χ2v) is 5.99. The van der Waals surface area contributed by atoms with Gasteiger partial charge in [-0.15, -0.1) is 0 Å². The smallest absolute Gasteiger partial charge is 0.387 e. The predicted octanol–water partition coefficient (Wildman–Crippen LogP) is 2.69. The molecule has 1 saturated heterocycles. The Morgan fingerprint density at radius 1 is 1.42 bits per heavy atom. The number of aromatic nitrogens is 1. The molecule has 138 valence electrons. The number of benzene rings is 1. The van der Waals surface area contributed by atoms with Crippen LogP contribution in [0.4, 0.5) is 14.5 Å². The fraction of sp³-hybridized carbons (Fsp3) is 0.444. The monoisotopic (exact) mass is 363 g/mol. The highest BCUT2D eigenvalue weighted by Gasteiger charge is 2.24. The maximum absolute atomic E-state index is 12.6. The van der Waals surface area contributed by atoms with Crippen molar-refractivity contribution in [3.05, 3.63) is 30.0 Å². The van der Waals surface area contributed by atoms with Crippen LogP contribution in [0.15, 0.2) is 24.4 Å². The van der Waals surface area contributed by atoms with Gasteiger partial charge in [0.05, 0.1) is 36.1 Å². The summed E-state index contributed by atoms with van der Waals surface area (Å²) >= 11 is 0. The normalized spacial score (nSPS) is 17.5. The molecule has 1 aliphatic rings. The topological polar surface area (TPSA) is 78.6 Å². The molecule has 6 nitrogen and oxygen atoms in total. The molecule has 1 fully saturated rings. The first-order valence-corrected chi connectivity index (χ1v) is 8.37. The van der Waals surface area contributed by atoms with Crippen molar-refractivity contribution in [3.63, 3.8) is 0 Å². The average Bonchev–Trinajstić information content (AvgIpc) is 2.65. The van der Waals surface area contributed by atoms with Crippen LogP contribution in [-0.4, -0.2) is 49.1 Å². The number of ether oxygens (including phenoxy) is 2. The minimum absolute atomic E-state index is 0.0238. The molecule has 0 aliphatic carbocycles. The summed E-state index contributed by atoms with van der Waals surface area (Å²) in [5.74, 6) is 0.0238. The van der Waals surface area contributed by atoms with Crippen LogP contribution in [-0.2, 0) is 4.74 Å². The first kappa shape index (κ1) is 18.3. The van der Waals surface area contributed by atoms with E-state index in [-0.39, 0.29) is 25.1 Å². The maximum atomic E-state index is 12.6. The molecule has 2 aromatic rings. The van der Waals surface area contributed by atoms with Crippen molar-refractivity contribution in [3.8, 4) is 11.8 Å². The molecule has 1 aliphatic heterocycles. The molecule has 1 aromatic carbocycles. The second kappa shape index (κ2) is 8.25. The van der Waals surface area contributed by atoms with Crippen molar-refractivity contribution in [1.29, 1.82) is 5.26 Å². The summed E-state index contributed by atoms with van der Waals surface area (Å²) in [7, 11) is 0. The van der Waals surface area contributed by atoms with Gasteiger partial charge in [0.25, 0.3) is 0 Å². The van der Waals surface area contributed by atoms with Crippen LogP contribution in [0.1, 0.15) is 18.4 Å². The van der Waals surface area contributed by atoms with E-state index in [1.165, 1.54) is 18.3 Å². The molecule has 0 bridgehead atoms. The summed E-state index contributed by atoms with van der Waals surface area (Å²) in [5, 5.41) is 19.0. The Balaban J connectivity index is 2.00. The van der Waals surface area contributed by atoms with E-state index in [1.54, 1.807) is 6.07 Å². The lowest BCUT2D eigenvalue weighted by Gasteiger charge is -2.35. The van der Waals surface area contributed by atoms with E-state index in [0.717, 1.165) is 12.8 Å². The molecule has 0 saturated carbocycles. The SMILES string of the molecule is N#Cc1cnc2ccc(OC(F)F)cc2c1N1CCCC(OCCO)C1. The van der Waals surface area contributed by atoms with Crippen LogP contribution in [0.25, 0.3) is 10.9 Å². The van der Waals surface area contributed by atoms with Crippen LogP contribution >= 0.6 is 0 Å². The molecule has 0 spiro atoms. The first-order chi connectivity index (χ1) is 12.6. The summed E-state index contributed by atoms with van der Waals surface area (Å²) < 4.78 is 35.2. The molecule has 3 rings (SSSR count). The summed E-state index contributed by atoms with van der Waals surface area (Å²) in [6.45, 7) is -1.45. The molecule has 26 heavy (non-hydrogen) atoms. The predicted molar refractivity (Wildman–Crippen MR) is 91.4 cm³/mol. The number of hydrogen-bond donors (Lipinski definition) is 1. The molecule has 0 radical (unpaired) electrons. The number of aliphatic hydroxyl groups is 1. The summed E-state index contributed by atoms with van der Waals surface area (Å²) in [5.41, 5.74) is 1.61. The maximum Gasteiger partial charge on any atom is 0.387 e. The molecule has 8 heteroatoms. The molecule has 1 N–H and O–H groups in total. The Labute approximate surface area is 149 Å². The number of piperidine rings is 1. The van der Waals surface area contributed by atoms with Gasteiger partial charge in [0, 0.05) is 24.7 Å². The van der Waals surface area contributed by atoms with Crippen molar-refractivity contribution in [2.45, 2.75) is 25.6 Å². The van der Waals surface area contributed by atoms with E-state index < -0.39 is 6.61 Å². The van der Waals surface area contributed by atoms with Crippen LogP contribution < -0.4 is 9.64 Å². The first-order valence-electron chi connectivity index (χ1n) is 8.37. The zero-order valence-corrected chi connectivity index (χ0v) is 14.1. The number of rotatable bonds is 6. The average molecular weight is 363 g/mol. The van der Waals surface area contributed by atoms with Gasteiger partial charge >= 0.3 is 6.61 Å². The molecule has 1 unspecified atom stereocenters. The number of alkyl halides is 2. The third-order valence-corrected chi connectivity index (χ3v) is 4.30. The van der Waals surface area contributed by atoms with Gasteiger partial charge in [-0.05, 0) is 31.0 Å². The highest BCUT2D eigenvalue weighted by atomic mass is 19.3. The minimum atomic E-state index is -2.92. The van der Waals surface area contributed by atoms with Crippen LogP contribution in [0.2, 0.25) is 0 Å². The summed E-state index contributed by atoms with van der Waals surface area (Å²) in [6, 6.07) is 6.65. The van der Waals surface area contributed by atoms with Gasteiger partial charge in [-0.3, -0.25) is 4.98 Å². The lowest BCUT2D eigenvalue weighted by molar-refractivity contribution is -0.0497. The standard InChI is InChI=1S/C18H19F2N3O3/c19-18(20)26-13-3-4-16-15(8-13)17(12(9-21)10-22-16)23-5-1-2-14(11-23)25-7-6-24/h3-4,8,10,14,18,24H,1-2,5-7,11H2. The Kier molecular flexibility index (Phi) is 5.81. The third-order valence-electron chi connectivity index (χ3n) is 4.30. The van der Waals surface area contributed by atoms with Crippen molar-refractivity contribution in [2.24, 2.45) is 0 Å². The largest absolute Gasteiger partial charge is 0.435 e. The number of fused-ring (bicyclic) bond motifs is 1. The van der Waals surface area contributed by atoms with E-state index in [9.17, 15) is 14.0 Å². The highest BCUT2D eigenvalue weighted by Crippen LogP contribution is 2.34. The van der Waals surface area contributed by atoms with E-state index in [1.807, 2.05) is 4.90 Å². The van der Waals surface area contributed by atoms with Gasteiger partial charge in [-0.2, -0.15) is 14.0 Å². The summed E-state index contributed by atoms with van der Waals surface area (Å²) in [6.07, 6.45) is 3.15. The molecule has 0 amide bonds. The van der Waals surface area contributed by atoms with Crippen LogP contribution in [0.5, 0.6) is 5.75 Å². The summed E-state index contributed by atoms with van der Waals surface area (Å²) in [4.78, 5) is 6.25.